The van der Waals surface area contributed by atoms with Crippen LogP contribution in [-0.4, -0.2) is 62.5 Å². The molecule has 8 nitrogen and oxygen atoms in total. The molecular formula is C23H31N5O3. The Labute approximate surface area is 183 Å². The van der Waals surface area contributed by atoms with Crippen LogP contribution in [0.3, 0.4) is 0 Å². The van der Waals surface area contributed by atoms with Crippen molar-refractivity contribution in [3.63, 3.8) is 0 Å². The van der Waals surface area contributed by atoms with Crippen molar-refractivity contribution in [3.8, 4) is 5.69 Å². The summed E-state index contributed by atoms with van der Waals surface area (Å²) in [5.74, 6) is -0.673. The van der Waals surface area contributed by atoms with E-state index in [1.165, 1.54) is 6.20 Å². The molecule has 0 saturated carbocycles. The number of carbonyl (C=O) groups excluding carboxylic acids is 3. The number of likely N-dealkylation sites (tertiary alicyclic amines) is 1. The number of benzene rings is 1. The van der Waals surface area contributed by atoms with Crippen molar-refractivity contribution in [1.82, 2.24) is 19.6 Å². The van der Waals surface area contributed by atoms with Gasteiger partial charge in [0.1, 0.15) is 11.4 Å². The average molecular weight is 426 g/mol. The molecule has 1 aliphatic rings. The van der Waals surface area contributed by atoms with Crippen LogP contribution in [0.25, 0.3) is 5.69 Å². The van der Waals surface area contributed by atoms with Gasteiger partial charge in [-0.15, -0.1) is 0 Å². The Kier molecular flexibility index (Phi) is 6.48. The summed E-state index contributed by atoms with van der Waals surface area (Å²) < 4.78 is 1.56. The van der Waals surface area contributed by atoms with Gasteiger partial charge in [-0.25, -0.2) is 4.68 Å². The van der Waals surface area contributed by atoms with E-state index in [1.54, 1.807) is 14.5 Å². The Morgan fingerprint density at radius 3 is 2.35 bits per heavy atom. The molecule has 1 aliphatic heterocycles. The summed E-state index contributed by atoms with van der Waals surface area (Å²) in [4.78, 5) is 42.1. The number of nitrogens with one attached hydrogen (secondary N) is 1. The summed E-state index contributed by atoms with van der Waals surface area (Å²) in [6.07, 6.45) is 1.65. The van der Waals surface area contributed by atoms with E-state index in [2.05, 4.69) is 10.4 Å². The van der Waals surface area contributed by atoms with Crippen LogP contribution in [0.2, 0.25) is 0 Å². The molecule has 0 spiro atoms. The molecule has 8 heteroatoms. The second kappa shape index (κ2) is 8.91. The number of amides is 3. The highest BCUT2D eigenvalue weighted by Gasteiger charge is 2.40. The third-order valence-corrected chi connectivity index (χ3v) is 5.60. The smallest absolute Gasteiger partial charge is 0.259 e. The molecule has 1 saturated heterocycles. The number of para-hydroxylation sites is 1. The molecule has 0 aliphatic carbocycles. The van der Waals surface area contributed by atoms with E-state index in [0.29, 0.717) is 31.0 Å². The van der Waals surface area contributed by atoms with E-state index < -0.39 is 5.92 Å². The second-order valence-electron chi connectivity index (χ2n) is 8.70. The predicted octanol–water partition coefficient (Wildman–Crippen LogP) is 2.94. The van der Waals surface area contributed by atoms with Gasteiger partial charge in [0, 0.05) is 31.6 Å². The molecule has 1 fully saturated rings. The van der Waals surface area contributed by atoms with E-state index in [9.17, 15) is 14.4 Å². The van der Waals surface area contributed by atoms with Crippen molar-refractivity contribution < 1.29 is 14.4 Å². The zero-order chi connectivity index (χ0) is 22.8. The number of nitrogens with zero attached hydrogens (tertiary/aromatic N) is 4. The molecule has 1 aromatic heterocycles. The van der Waals surface area contributed by atoms with E-state index in [4.69, 9.17) is 0 Å². The summed E-state index contributed by atoms with van der Waals surface area (Å²) >= 11 is 0. The molecule has 1 atom stereocenters. The molecule has 0 bridgehead atoms. The maximum atomic E-state index is 13.1. The van der Waals surface area contributed by atoms with Gasteiger partial charge in [-0.1, -0.05) is 18.2 Å². The van der Waals surface area contributed by atoms with Crippen LogP contribution in [0.1, 0.15) is 51.4 Å². The lowest BCUT2D eigenvalue weighted by molar-refractivity contribution is -0.131. The van der Waals surface area contributed by atoms with Crippen LogP contribution in [0, 0.1) is 5.92 Å². The summed E-state index contributed by atoms with van der Waals surface area (Å²) in [6.45, 7) is 11.1. The van der Waals surface area contributed by atoms with Crippen LogP contribution in [-0.2, 0) is 9.59 Å². The first-order valence-corrected chi connectivity index (χ1v) is 10.7. The van der Waals surface area contributed by atoms with E-state index in [0.717, 1.165) is 5.69 Å². The topological polar surface area (TPSA) is 87.5 Å². The van der Waals surface area contributed by atoms with Crippen LogP contribution < -0.4 is 5.32 Å². The van der Waals surface area contributed by atoms with Crippen molar-refractivity contribution in [1.29, 1.82) is 0 Å². The highest BCUT2D eigenvalue weighted by Crippen LogP contribution is 2.28. The molecule has 31 heavy (non-hydrogen) atoms. The molecule has 2 heterocycles. The summed E-state index contributed by atoms with van der Waals surface area (Å²) in [7, 11) is 0. The fraction of sp³-hybridized carbons (Fsp3) is 0.478. The van der Waals surface area contributed by atoms with Crippen molar-refractivity contribution in [3.05, 3.63) is 42.1 Å². The number of aromatic nitrogens is 2. The third-order valence-electron chi connectivity index (χ3n) is 5.60. The van der Waals surface area contributed by atoms with Gasteiger partial charge >= 0.3 is 0 Å². The number of hydrogen-bond acceptors (Lipinski definition) is 4. The Balaban J connectivity index is 1.93. The highest BCUT2D eigenvalue weighted by atomic mass is 16.2. The van der Waals surface area contributed by atoms with E-state index >= 15 is 0 Å². The number of hydrogen-bond donors (Lipinski definition) is 1. The quantitative estimate of drug-likeness (QED) is 0.771. The van der Waals surface area contributed by atoms with Gasteiger partial charge in [-0.2, -0.15) is 5.10 Å². The van der Waals surface area contributed by atoms with Gasteiger partial charge in [0.15, 0.2) is 0 Å². The lowest BCUT2D eigenvalue weighted by Crippen LogP contribution is -2.42. The molecule has 166 valence electrons. The largest absolute Gasteiger partial charge is 0.339 e. The normalized spacial score (nSPS) is 16.5. The van der Waals surface area contributed by atoms with E-state index in [-0.39, 0.29) is 29.7 Å². The minimum absolute atomic E-state index is 0.0383. The first-order chi connectivity index (χ1) is 14.7. The fourth-order valence-corrected chi connectivity index (χ4v) is 3.82. The Hall–Kier alpha value is -3.16. The van der Waals surface area contributed by atoms with Crippen LogP contribution in [0.4, 0.5) is 5.82 Å². The molecule has 2 aromatic rings. The lowest BCUT2D eigenvalue weighted by Gasteiger charge is -2.32. The summed E-state index contributed by atoms with van der Waals surface area (Å²) in [6, 6.07) is 9.33. The maximum absolute atomic E-state index is 13.1. The first kappa shape index (κ1) is 22.5. The van der Waals surface area contributed by atoms with Crippen molar-refractivity contribution in [2.45, 2.75) is 46.6 Å². The van der Waals surface area contributed by atoms with Crippen LogP contribution >= 0.6 is 0 Å². The molecule has 0 radical (unpaired) electrons. The van der Waals surface area contributed by atoms with Gasteiger partial charge in [-0.3, -0.25) is 14.4 Å². The number of rotatable bonds is 6. The Morgan fingerprint density at radius 1 is 1.16 bits per heavy atom. The molecule has 1 N–H and O–H groups in total. The minimum atomic E-state index is -0.484. The van der Waals surface area contributed by atoms with Gasteiger partial charge in [0.2, 0.25) is 11.8 Å². The molecule has 3 amide bonds. The van der Waals surface area contributed by atoms with Crippen molar-refractivity contribution >= 4 is 23.5 Å². The summed E-state index contributed by atoms with van der Waals surface area (Å²) in [5.41, 5.74) is 0.718. The average Bonchev–Trinajstić information content (AvgIpc) is 3.33. The van der Waals surface area contributed by atoms with Gasteiger partial charge in [-0.05, 0) is 46.8 Å². The number of carbonyl (C=O) groups is 3. The Bertz CT molecular complexity index is 957. The van der Waals surface area contributed by atoms with Gasteiger partial charge < -0.3 is 15.1 Å². The molecule has 1 aromatic carbocycles. The third kappa shape index (κ3) is 4.62. The summed E-state index contributed by atoms with van der Waals surface area (Å²) in [5, 5.41) is 7.30. The van der Waals surface area contributed by atoms with Crippen LogP contribution in [0.15, 0.2) is 36.5 Å². The first-order valence-electron chi connectivity index (χ1n) is 10.7. The van der Waals surface area contributed by atoms with Crippen molar-refractivity contribution in [2.75, 3.05) is 25.0 Å². The van der Waals surface area contributed by atoms with Crippen LogP contribution in [0.5, 0.6) is 0 Å². The SMILES string of the molecule is CCN(CC)C(=O)c1cnn(-c2ccccc2)c1NC(=O)C1CC(=O)N(C(C)(C)C)C1. The second-order valence-corrected chi connectivity index (χ2v) is 8.70. The van der Waals surface area contributed by atoms with Gasteiger partial charge in [0.05, 0.1) is 17.8 Å². The highest BCUT2D eigenvalue weighted by molar-refractivity contribution is 6.04. The number of anilines is 1. The molecule has 1 unspecified atom stereocenters. The van der Waals surface area contributed by atoms with E-state index in [1.807, 2.05) is 65.0 Å². The van der Waals surface area contributed by atoms with Crippen molar-refractivity contribution in [2.24, 2.45) is 5.92 Å². The minimum Gasteiger partial charge on any atom is -0.339 e. The standard InChI is InChI=1S/C23H31N5O3/c1-6-26(7-2)22(31)18-14-24-28(17-11-9-8-10-12-17)20(18)25-21(30)16-13-19(29)27(15-16)23(3,4)5/h8-12,14,16H,6-7,13,15H2,1-5H3,(H,25,30). The maximum Gasteiger partial charge on any atom is 0.259 e. The lowest BCUT2D eigenvalue weighted by atomic mass is 10.1. The predicted molar refractivity (Wildman–Crippen MR) is 119 cm³/mol. The fourth-order valence-electron chi connectivity index (χ4n) is 3.82. The molecular weight excluding hydrogens is 394 g/mol. The van der Waals surface area contributed by atoms with Gasteiger partial charge in [0.25, 0.3) is 5.91 Å². The molecule has 3 rings (SSSR count). The Morgan fingerprint density at radius 2 is 1.81 bits per heavy atom. The monoisotopic (exact) mass is 425 g/mol. The zero-order valence-corrected chi connectivity index (χ0v) is 18.9. The zero-order valence-electron chi connectivity index (χ0n) is 18.9.